The molecule has 17 heavy (non-hydrogen) atoms. The third kappa shape index (κ3) is 2.91. The van der Waals surface area contributed by atoms with Gasteiger partial charge in [0.25, 0.3) is 0 Å². The molecule has 0 amide bonds. The molecular weight excluding hydrogens is 212 g/mol. The van der Waals surface area contributed by atoms with Crippen LogP contribution in [0.3, 0.4) is 0 Å². The number of piperidine rings is 1. The Labute approximate surface area is 103 Å². The first kappa shape index (κ1) is 12.2. The number of aryl methyl sites for hydroxylation is 2. The van der Waals surface area contributed by atoms with E-state index in [2.05, 4.69) is 17.3 Å². The van der Waals surface area contributed by atoms with Crippen molar-refractivity contribution in [3.63, 3.8) is 0 Å². The molecule has 0 bridgehead atoms. The number of likely N-dealkylation sites (tertiary alicyclic amines) is 1. The van der Waals surface area contributed by atoms with Crippen LogP contribution in [-0.4, -0.2) is 36.2 Å². The summed E-state index contributed by atoms with van der Waals surface area (Å²) < 4.78 is 0. The average molecular weight is 234 g/mol. The average Bonchev–Trinajstić information content (AvgIpc) is 2.29. The van der Waals surface area contributed by atoms with E-state index in [1.165, 1.54) is 12.8 Å². The van der Waals surface area contributed by atoms with Crippen molar-refractivity contribution in [2.75, 3.05) is 25.5 Å². The van der Waals surface area contributed by atoms with Crippen molar-refractivity contribution >= 4 is 5.69 Å². The van der Waals surface area contributed by atoms with Crippen molar-refractivity contribution in [2.45, 2.75) is 32.7 Å². The molecule has 1 saturated heterocycles. The number of hydrogen-bond acceptors (Lipinski definition) is 3. The van der Waals surface area contributed by atoms with Crippen molar-refractivity contribution < 1.29 is 5.11 Å². The van der Waals surface area contributed by atoms with Gasteiger partial charge in [0.15, 0.2) is 0 Å². The van der Waals surface area contributed by atoms with Gasteiger partial charge in [0.1, 0.15) is 5.75 Å². The van der Waals surface area contributed by atoms with Gasteiger partial charge in [0.05, 0.1) is 0 Å². The third-order valence-electron chi connectivity index (χ3n) is 3.62. The molecule has 1 fully saturated rings. The van der Waals surface area contributed by atoms with Crippen LogP contribution in [0.4, 0.5) is 5.69 Å². The zero-order valence-electron chi connectivity index (χ0n) is 11.0. The van der Waals surface area contributed by atoms with Crippen LogP contribution in [0.5, 0.6) is 5.75 Å². The normalized spacial score (nSPS) is 18.3. The molecule has 1 aromatic carbocycles. The largest absolute Gasteiger partial charge is 0.508 e. The number of rotatable bonds is 2. The zero-order chi connectivity index (χ0) is 12.4. The second-order valence-electron chi connectivity index (χ2n) is 5.18. The molecule has 1 aromatic rings. The predicted molar refractivity (Wildman–Crippen MR) is 71.7 cm³/mol. The number of nitrogens with zero attached hydrogens (tertiary/aromatic N) is 1. The Bertz CT molecular complexity index is 395. The number of hydrogen-bond donors (Lipinski definition) is 2. The summed E-state index contributed by atoms with van der Waals surface area (Å²) in [5, 5.41) is 13.2. The first-order valence-electron chi connectivity index (χ1n) is 6.31. The van der Waals surface area contributed by atoms with Gasteiger partial charge in [0.2, 0.25) is 0 Å². The lowest BCUT2D eigenvalue weighted by atomic mass is 10.0. The van der Waals surface area contributed by atoms with Crippen LogP contribution in [0, 0.1) is 13.8 Å². The van der Waals surface area contributed by atoms with E-state index in [4.69, 9.17) is 0 Å². The molecule has 1 heterocycles. The Hall–Kier alpha value is -1.22. The minimum Gasteiger partial charge on any atom is -0.508 e. The lowest BCUT2D eigenvalue weighted by Crippen LogP contribution is -2.36. The molecule has 1 aliphatic rings. The highest BCUT2D eigenvalue weighted by Gasteiger charge is 2.17. The van der Waals surface area contributed by atoms with Crippen LogP contribution in [0.1, 0.15) is 24.0 Å². The first-order valence-corrected chi connectivity index (χ1v) is 6.31. The molecule has 94 valence electrons. The lowest BCUT2D eigenvalue weighted by Gasteiger charge is -2.30. The Morgan fingerprint density at radius 2 is 1.82 bits per heavy atom. The van der Waals surface area contributed by atoms with E-state index >= 15 is 0 Å². The summed E-state index contributed by atoms with van der Waals surface area (Å²) in [5.41, 5.74) is 3.22. The summed E-state index contributed by atoms with van der Waals surface area (Å²) in [6.07, 6.45) is 2.38. The monoisotopic (exact) mass is 234 g/mol. The molecule has 2 N–H and O–H groups in total. The maximum Gasteiger partial charge on any atom is 0.118 e. The van der Waals surface area contributed by atoms with E-state index in [1.807, 2.05) is 26.0 Å². The van der Waals surface area contributed by atoms with E-state index in [1.54, 1.807) is 0 Å². The second kappa shape index (κ2) is 4.96. The molecule has 0 aliphatic carbocycles. The maximum atomic E-state index is 9.63. The molecule has 3 heteroatoms. The van der Waals surface area contributed by atoms with Crippen molar-refractivity contribution in [3.05, 3.63) is 23.3 Å². The Morgan fingerprint density at radius 3 is 2.47 bits per heavy atom. The molecule has 3 nitrogen and oxygen atoms in total. The second-order valence-corrected chi connectivity index (χ2v) is 5.18. The zero-order valence-corrected chi connectivity index (χ0v) is 11.0. The summed E-state index contributed by atoms with van der Waals surface area (Å²) in [5.74, 6) is 0.386. The highest BCUT2D eigenvalue weighted by atomic mass is 16.3. The quantitative estimate of drug-likeness (QED) is 0.772. The van der Waals surface area contributed by atoms with Gasteiger partial charge < -0.3 is 15.3 Å². The van der Waals surface area contributed by atoms with Gasteiger partial charge in [-0.25, -0.2) is 0 Å². The maximum absolute atomic E-state index is 9.63. The van der Waals surface area contributed by atoms with Crippen LogP contribution in [-0.2, 0) is 0 Å². The molecule has 0 saturated carbocycles. The predicted octanol–water partition coefficient (Wildman–Crippen LogP) is 2.52. The van der Waals surface area contributed by atoms with Crippen LogP contribution in [0.25, 0.3) is 0 Å². The summed E-state index contributed by atoms with van der Waals surface area (Å²) >= 11 is 0. The number of benzene rings is 1. The highest BCUT2D eigenvalue weighted by molar-refractivity contribution is 5.57. The van der Waals surface area contributed by atoms with Crippen molar-refractivity contribution in [2.24, 2.45) is 0 Å². The summed E-state index contributed by atoms with van der Waals surface area (Å²) in [6.45, 7) is 6.30. The van der Waals surface area contributed by atoms with Gasteiger partial charge >= 0.3 is 0 Å². The van der Waals surface area contributed by atoms with Crippen molar-refractivity contribution in [3.8, 4) is 5.75 Å². The molecular formula is C14H22N2O. The lowest BCUT2D eigenvalue weighted by molar-refractivity contribution is 0.264. The minimum atomic E-state index is 0.386. The Balaban J connectivity index is 2.06. The summed E-state index contributed by atoms with van der Waals surface area (Å²) in [7, 11) is 2.17. The molecule has 0 spiro atoms. The first-order chi connectivity index (χ1) is 8.06. The summed E-state index contributed by atoms with van der Waals surface area (Å²) in [6, 6.07) is 4.45. The van der Waals surface area contributed by atoms with E-state index in [9.17, 15) is 5.11 Å². The van der Waals surface area contributed by atoms with E-state index < -0.39 is 0 Å². The van der Waals surface area contributed by atoms with E-state index in [0.29, 0.717) is 11.8 Å². The molecule has 0 atom stereocenters. The van der Waals surface area contributed by atoms with Crippen LogP contribution < -0.4 is 5.32 Å². The van der Waals surface area contributed by atoms with Crippen LogP contribution in [0.2, 0.25) is 0 Å². The van der Waals surface area contributed by atoms with Crippen molar-refractivity contribution in [1.82, 2.24) is 4.90 Å². The number of aromatic hydroxyl groups is 1. The van der Waals surface area contributed by atoms with Crippen LogP contribution >= 0.6 is 0 Å². The Morgan fingerprint density at radius 1 is 1.18 bits per heavy atom. The fourth-order valence-electron chi connectivity index (χ4n) is 2.33. The van der Waals surface area contributed by atoms with Crippen LogP contribution in [0.15, 0.2) is 12.1 Å². The standard InChI is InChI=1S/C14H22N2O/c1-10-9-14(17)11(2)8-13(10)15-12-4-6-16(3)7-5-12/h8-9,12,15,17H,4-7H2,1-3H3. The van der Waals surface area contributed by atoms with Crippen molar-refractivity contribution in [1.29, 1.82) is 0 Å². The van der Waals surface area contributed by atoms with E-state index in [0.717, 1.165) is 29.9 Å². The summed E-state index contributed by atoms with van der Waals surface area (Å²) in [4.78, 5) is 2.37. The van der Waals surface area contributed by atoms with Gasteiger partial charge in [-0.15, -0.1) is 0 Å². The topological polar surface area (TPSA) is 35.5 Å². The SMILES string of the molecule is Cc1cc(NC2CCN(C)CC2)c(C)cc1O. The van der Waals surface area contributed by atoms with Gasteiger partial charge in [-0.05, 0) is 70.1 Å². The molecule has 2 rings (SSSR count). The molecule has 0 aromatic heterocycles. The molecule has 1 aliphatic heterocycles. The number of anilines is 1. The fourth-order valence-corrected chi connectivity index (χ4v) is 2.33. The molecule has 0 unspecified atom stereocenters. The Kier molecular flexibility index (Phi) is 3.57. The van der Waals surface area contributed by atoms with Gasteiger partial charge in [-0.3, -0.25) is 0 Å². The number of phenols is 1. The fraction of sp³-hybridized carbons (Fsp3) is 0.571. The number of nitrogens with one attached hydrogen (secondary N) is 1. The van der Waals surface area contributed by atoms with Gasteiger partial charge in [-0.1, -0.05) is 0 Å². The molecule has 0 radical (unpaired) electrons. The van der Waals surface area contributed by atoms with Gasteiger partial charge in [0, 0.05) is 11.7 Å². The smallest absolute Gasteiger partial charge is 0.118 e. The highest BCUT2D eigenvalue weighted by Crippen LogP contribution is 2.26. The van der Waals surface area contributed by atoms with E-state index in [-0.39, 0.29) is 0 Å². The minimum absolute atomic E-state index is 0.386. The third-order valence-corrected chi connectivity index (χ3v) is 3.62. The number of phenolic OH excluding ortho intramolecular Hbond substituents is 1. The van der Waals surface area contributed by atoms with Gasteiger partial charge in [-0.2, -0.15) is 0 Å².